The number of rotatable bonds is 3. The van der Waals surface area contributed by atoms with E-state index in [2.05, 4.69) is 0 Å². The van der Waals surface area contributed by atoms with Crippen molar-refractivity contribution in [3.8, 4) is 0 Å². The van der Waals surface area contributed by atoms with E-state index in [1.165, 1.54) is 19.3 Å². The Morgan fingerprint density at radius 2 is 2.00 bits per heavy atom. The summed E-state index contributed by atoms with van der Waals surface area (Å²) in [4.78, 5) is 0. The Bertz CT molecular complexity index is 114. The van der Waals surface area contributed by atoms with Crippen LogP contribution in [0.3, 0.4) is 0 Å². The largest absolute Gasteiger partial charge is 0.396 e. The first-order chi connectivity index (χ1) is 5.42. The van der Waals surface area contributed by atoms with E-state index in [0.29, 0.717) is 18.4 Å². The van der Waals surface area contributed by atoms with Crippen LogP contribution in [0.5, 0.6) is 0 Å². The Morgan fingerprint density at radius 1 is 1.27 bits per heavy atom. The van der Waals surface area contributed by atoms with E-state index in [4.69, 9.17) is 9.84 Å². The van der Waals surface area contributed by atoms with Crippen LogP contribution < -0.4 is 0 Å². The van der Waals surface area contributed by atoms with Crippen molar-refractivity contribution in [1.82, 2.24) is 0 Å². The molecule has 1 saturated heterocycles. The van der Waals surface area contributed by atoms with E-state index >= 15 is 0 Å². The number of ether oxygens (including phenoxy) is 1. The Labute approximate surface area is 67.6 Å². The summed E-state index contributed by atoms with van der Waals surface area (Å²) in [6.07, 6.45) is 4.04. The summed E-state index contributed by atoms with van der Waals surface area (Å²) in [6.45, 7) is 2.15. The average molecular weight is 156 g/mol. The third-order valence-corrected chi connectivity index (χ3v) is 3.24. The Morgan fingerprint density at radius 3 is 2.27 bits per heavy atom. The van der Waals surface area contributed by atoms with Crippen LogP contribution in [0.1, 0.15) is 19.3 Å². The van der Waals surface area contributed by atoms with Gasteiger partial charge in [-0.25, -0.2) is 0 Å². The smallest absolute Gasteiger partial charge is 0.0520 e. The molecule has 0 aromatic rings. The van der Waals surface area contributed by atoms with Crippen molar-refractivity contribution in [2.75, 3.05) is 19.8 Å². The monoisotopic (exact) mass is 156 g/mol. The highest BCUT2D eigenvalue weighted by atomic mass is 16.5. The fourth-order valence-corrected chi connectivity index (χ4v) is 2.05. The molecule has 1 heterocycles. The molecular formula is C9H16O2. The standard InChI is InChI=1S/C9H16O2/c10-4-9(7-2-1-3-7)8-5-11-6-8/h7-10H,1-6H2. The predicted octanol–water partition coefficient (Wildman–Crippen LogP) is 1.04. The van der Waals surface area contributed by atoms with E-state index < -0.39 is 0 Å². The van der Waals surface area contributed by atoms with Gasteiger partial charge in [0, 0.05) is 12.5 Å². The van der Waals surface area contributed by atoms with Crippen LogP contribution >= 0.6 is 0 Å². The minimum absolute atomic E-state index is 0.374. The second kappa shape index (κ2) is 3.11. The minimum atomic E-state index is 0.374. The van der Waals surface area contributed by atoms with Crippen LogP contribution in [0.25, 0.3) is 0 Å². The van der Waals surface area contributed by atoms with Gasteiger partial charge < -0.3 is 9.84 Å². The topological polar surface area (TPSA) is 29.5 Å². The molecule has 1 aliphatic carbocycles. The molecule has 1 unspecified atom stereocenters. The summed E-state index contributed by atoms with van der Waals surface area (Å²) < 4.78 is 5.13. The van der Waals surface area contributed by atoms with Crippen molar-refractivity contribution in [3.63, 3.8) is 0 Å². The van der Waals surface area contributed by atoms with Gasteiger partial charge in [-0.05, 0) is 11.8 Å². The number of hydrogen-bond donors (Lipinski definition) is 1. The molecule has 2 rings (SSSR count). The van der Waals surface area contributed by atoms with E-state index in [1.54, 1.807) is 0 Å². The van der Waals surface area contributed by atoms with Crippen LogP contribution in [0.2, 0.25) is 0 Å². The third kappa shape index (κ3) is 1.30. The molecular weight excluding hydrogens is 140 g/mol. The molecule has 1 N–H and O–H groups in total. The van der Waals surface area contributed by atoms with Crippen molar-refractivity contribution in [3.05, 3.63) is 0 Å². The number of hydrogen-bond acceptors (Lipinski definition) is 2. The van der Waals surface area contributed by atoms with Gasteiger partial charge in [0.15, 0.2) is 0 Å². The fraction of sp³-hybridized carbons (Fsp3) is 1.00. The highest BCUT2D eigenvalue weighted by Crippen LogP contribution is 2.39. The number of aliphatic hydroxyl groups is 1. The first-order valence-electron chi connectivity index (χ1n) is 4.60. The van der Waals surface area contributed by atoms with Gasteiger partial charge in [0.25, 0.3) is 0 Å². The molecule has 64 valence electrons. The van der Waals surface area contributed by atoms with Crippen molar-refractivity contribution in [2.24, 2.45) is 17.8 Å². The molecule has 2 aliphatic rings. The molecule has 1 saturated carbocycles. The van der Waals surface area contributed by atoms with Crippen molar-refractivity contribution < 1.29 is 9.84 Å². The summed E-state index contributed by atoms with van der Waals surface area (Å²) >= 11 is 0. The lowest BCUT2D eigenvalue weighted by Crippen LogP contribution is -2.41. The molecule has 1 atom stereocenters. The first-order valence-corrected chi connectivity index (χ1v) is 4.60. The van der Waals surface area contributed by atoms with E-state index in [0.717, 1.165) is 19.1 Å². The molecule has 1 aliphatic heterocycles. The summed E-state index contributed by atoms with van der Waals surface area (Å²) in [5.74, 6) is 2.04. The van der Waals surface area contributed by atoms with Crippen LogP contribution in [0.15, 0.2) is 0 Å². The fourth-order valence-electron chi connectivity index (χ4n) is 2.05. The van der Waals surface area contributed by atoms with E-state index in [1.807, 2.05) is 0 Å². The van der Waals surface area contributed by atoms with Gasteiger partial charge in [-0.1, -0.05) is 19.3 Å². The zero-order valence-corrected chi connectivity index (χ0v) is 6.83. The summed E-state index contributed by atoms with van der Waals surface area (Å²) in [7, 11) is 0. The van der Waals surface area contributed by atoms with Gasteiger partial charge >= 0.3 is 0 Å². The predicted molar refractivity (Wildman–Crippen MR) is 42.2 cm³/mol. The maximum atomic E-state index is 9.14. The molecule has 2 heteroatoms. The first kappa shape index (κ1) is 7.56. The molecule has 0 bridgehead atoms. The molecule has 0 spiro atoms. The zero-order valence-electron chi connectivity index (χ0n) is 6.83. The quantitative estimate of drug-likeness (QED) is 0.661. The Kier molecular flexibility index (Phi) is 2.14. The molecule has 2 nitrogen and oxygen atoms in total. The van der Waals surface area contributed by atoms with Crippen LogP contribution in [-0.2, 0) is 4.74 Å². The normalized spacial score (nSPS) is 29.2. The van der Waals surface area contributed by atoms with Gasteiger partial charge in [-0.2, -0.15) is 0 Å². The minimum Gasteiger partial charge on any atom is -0.396 e. The Balaban J connectivity index is 1.83. The second-order valence-corrected chi connectivity index (χ2v) is 3.83. The SMILES string of the molecule is OCC(C1CCC1)C1COC1. The van der Waals surface area contributed by atoms with Gasteiger partial charge in [0.2, 0.25) is 0 Å². The molecule has 0 aromatic heterocycles. The maximum absolute atomic E-state index is 9.14. The van der Waals surface area contributed by atoms with Gasteiger partial charge in [-0.15, -0.1) is 0 Å². The maximum Gasteiger partial charge on any atom is 0.0520 e. The van der Waals surface area contributed by atoms with Gasteiger partial charge in [-0.3, -0.25) is 0 Å². The van der Waals surface area contributed by atoms with Crippen LogP contribution in [-0.4, -0.2) is 24.9 Å². The molecule has 2 fully saturated rings. The zero-order chi connectivity index (χ0) is 7.68. The third-order valence-electron chi connectivity index (χ3n) is 3.24. The second-order valence-electron chi connectivity index (χ2n) is 3.83. The Hall–Kier alpha value is -0.0800. The molecule has 0 radical (unpaired) electrons. The van der Waals surface area contributed by atoms with Crippen molar-refractivity contribution in [2.45, 2.75) is 19.3 Å². The highest BCUT2D eigenvalue weighted by Gasteiger charge is 2.36. The van der Waals surface area contributed by atoms with Crippen molar-refractivity contribution >= 4 is 0 Å². The van der Waals surface area contributed by atoms with Crippen molar-refractivity contribution in [1.29, 1.82) is 0 Å². The van der Waals surface area contributed by atoms with Gasteiger partial charge in [0.05, 0.1) is 13.2 Å². The van der Waals surface area contributed by atoms with E-state index in [9.17, 15) is 0 Å². The molecule has 0 aromatic carbocycles. The summed E-state index contributed by atoms with van der Waals surface area (Å²) in [6, 6.07) is 0. The van der Waals surface area contributed by atoms with Crippen LogP contribution in [0, 0.1) is 17.8 Å². The summed E-state index contributed by atoms with van der Waals surface area (Å²) in [5.41, 5.74) is 0. The summed E-state index contributed by atoms with van der Waals surface area (Å²) in [5, 5.41) is 9.14. The lowest BCUT2D eigenvalue weighted by molar-refractivity contribution is -0.0937. The number of aliphatic hydroxyl groups excluding tert-OH is 1. The van der Waals surface area contributed by atoms with E-state index in [-0.39, 0.29) is 0 Å². The molecule has 0 amide bonds. The molecule has 11 heavy (non-hydrogen) atoms. The average Bonchev–Trinajstić information content (AvgIpc) is 1.78. The lowest BCUT2D eigenvalue weighted by Gasteiger charge is -2.41. The lowest BCUT2D eigenvalue weighted by atomic mass is 9.70. The van der Waals surface area contributed by atoms with Crippen LogP contribution in [0.4, 0.5) is 0 Å². The van der Waals surface area contributed by atoms with Gasteiger partial charge in [0.1, 0.15) is 0 Å². The highest BCUT2D eigenvalue weighted by molar-refractivity contribution is 4.84.